The lowest BCUT2D eigenvalue weighted by Crippen LogP contribution is -2.40. The van der Waals surface area contributed by atoms with Crippen molar-refractivity contribution >= 4 is 11.7 Å². The number of amides is 2. The smallest absolute Gasteiger partial charge is 0.321 e. The van der Waals surface area contributed by atoms with Gasteiger partial charge in [-0.3, -0.25) is 4.98 Å². The number of aromatic nitrogens is 7. The maximum Gasteiger partial charge on any atom is 0.321 e. The summed E-state index contributed by atoms with van der Waals surface area (Å²) in [4.78, 5) is 23.3. The summed E-state index contributed by atoms with van der Waals surface area (Å²) in [5.74, 6) is 1.20. The van der Waals surface area contributed by atoms with Crippen LogP contribution in [0.5, 0.6) is 0 Å². The standard InChI is InChI=1S/C21H21N9O2/c1-14-5-6-16(12-18(14)30-13-23-27-28-30)24-21(31)29-10-7-15(8-11-29)20-25-19(26-32-20)17-4-2-3-9-22-17/h2-6,9,12-13,15H,7-8,10-11H2,1H3,(H,24,31). The molecule has 0 bridgehead atoms. The Morgan fingerprint density at radius 1 is 1.19 bits per heavy atom. The summed E-state index contributed by atoms with van der Waals surface area (Å²) < 4.78 is 7.04. The average Bonchev–Trinajstić information content (AvgIpc) is 3.54. The molecule has 0 saturated carbocycles. The van der Waals surface area contributed by atoms with E-state index in [9.17, 15) is 4.79 Å². The fraction of sp³-hybridized carbons (Fsp3) is 0.286. The zero-order valence-electron chi connectivity index (χ0n) is 17.4. The van der Waals surface area contributed by atoms with Gasteiger partial charge in [-0.25, -0.2) is 9.48 Å². The van der Waals surface area contributed by atoms with Crippen LogP contribution in [0.2, 0.25) is 0 Å². The number of piperidine rings is 1. The fourth-order valence-electron chi connectivity index (χ4n) is 3.74. The second kappa shape index (κ2) is 8.53. The van der Waals surface area contributed by atoms with Crippen LogP contribution in [0.25, 0.3) is 17.2 Å². The van der Waals surface area contributed by atoms with Crippen LogP contribution in [0.1, 0.15) is 30.2 Å². The number of nitrogens with zero attached hydrogens (tertiary/aromatic N) is 8. The van der Waals surface area contributed by atoms with Gasteiger partial charge in [0.15, 0.2) is 0 Å². The first-order valence-corrected chi connectivity index (χ1v) is 10.3. The van der Waals surface area contributed by atoms with E-state index in [1.807, 2.05) is 43.3 Å². The number of urea groups is 1. The van der Waals surface area contributed by atoms with Crippen molar-refractivity contribution in [1.29, 1.82) is 0 Å². The minimum atomic E-state index is -0.144. The number of tetrazole rings is 1. The van der Waals surface area contributed by atoms with E-state index >= 15 is 0 Å². The maximum atomic E-state index is 12.8. The normalized spacial score (nSPS) is 14.5. The Morgan fingerprint density at radius 2 is 2.06 bits per heavy atom. The first-order valence-electron chi connectivity index (χ1n) is 10.3. The average molecular weight is 431 g/mol. The summed E-state index contributed by atoms with van der Waals surface area (Å²) in [6.07, 6.45) is 4.72. The first-order chi connectivity index (χ1) is 15.7. The highest BCUT2D eigenvalue weighted by Gasteiger charge is 2.28. The second-order valence-electron chi connectivity index (χ2n) is 7.62. The Balaban J connectivity index is 1.20. The van der Waals surface area contributed by atoms with Crippen LogP contribution < -0.4 is 5.32 Å². The molecule has 4 heterocycles. The molecule has 1 aliphatic rings. The molecular weight excluding hydrogens is 410 g/mol. The molecule has 1 fully saturated rings. The number of hydrogen-bond acceptors (Lipinski definition) is 8. The molecule has 11 heteroatoms. The Labute approximate surface area is 183 Å². The zero-order chi connectivity index (χ0) is 21.9. The van der Waals surface area contributed by atoms with E-state index in [1.54, 1.807) is 15.8 Å². The Kier molecular flexibility index (Phi) is 5.28. The number of pyridine rings is 1. The van der Waals surface area contributed by atoms with Crippen LogP contribution in [0, 0.1) is 6.92 Å². The van der Waals surface area contributed by atoms with Gasteiger partial charge in [0.25, 0.3) is 0 Å². The lowest BCUT2D eigenvalue weighted by atomic mass is 9.97. The highest BCUT2D eigenvalue weighted by Crippen LogP contribution is 2.28. The lowest BCUT2D eigenvalue weighted by Gasteiger charge is -2.30. The Hall–Kier alpha value is -4.15. The molecule has 1 saturated heterocycles. The van der Waals surface area contributed by atoms with Crippen LogP contribution in [0.15, 0.2) is 53.4 Å². The van der Waals surface area contributed by atoms with E-state index in [0.29, 0.717) is 36.2 Å². The van der Waals surface area contributed by atoms with Crippen LogP contribution in [-0.4, -0.2) is 59.4 Å². The van der Waals surface area contributed by atoms with Gasteiger partial charge >= 0.3 is 6.03 Å². The van der Waals surface area contributed by atoms with E-state index in [4.69, 9.17) is 4.52 Å². The molecular formula is C21H21N9O2. The van der Waals surface area contributed by atoms with Crippen molar-refractivity contribution < 1.29 is 9.32 Å². The van der Waals surface area contributed by atoms with Gasteiger partial charge in [0.2, 0.25) is 11.7 Å². The van der Waals surface area contributed by atoms with E-state index in [-0.39, 0.29) is 11.9 Å². The van der Waals surface area contributed by atoms with Gasteiger partial charge in [-0.15, -0.1) is 5.10 Å². The number of rotatable bonds is 4. The highest BCUT2D eigenvalue weighted by molar-refractivity contribution is 5.89. The number of anilines is 1. The van der Waals surface area contributed by atoms with E-state index in [1.165, 1.54) is 6.33 Å². The first kappa shape index (κ1) is 19.8. The van der Waals surface area contributed by atoms with Crippen molar-refractivity contribution in [3.63, 3.8) is 0 Å². The van der Waals surface area contributed by atoms with Crippen molar-refractivity contribution in [2.75, 3.05) is 18.4 Å². The number of carbonyl (C=O) groups is 1. The molecule has 0 atom stereocenters. The summed E-state index contributed by atoms with van der Waals surface area (Å²) in [6.45, 7) is 3.16. The molecule has 0 aliphatic carbocycles. The molecule has 0 radical (unpaired) electrons. The maximum absolute atomic E-state index is 12.8. The van der Waals surface area contributed by atoms with Gasteiger partial charge in [0, 0.05) is 30.9 Å². The van der Waals surface area contributed by atoms with Crippen LogP contribution in [0.3, 0.4) is 0 Å². The second-order valence-corrected chi connectivity index (χ2v) is 7.62. The number of likely N-dealkylation sites (tertiary alicyclic amines) is 1. The van der Waals surface area contributed by atoms with Gasteiger partial charge < -0.3 is 14.7 Å². The summed E-state index contributed by atoms with van der Waals surface area (Å²) >= 11 is 0. The molecule has 32 heavy (non-hydrogen) atoms. The third-order valence-electron chi connectivity index (χ3n) is 5.52. The predicted molar refractivity (Wildman–Crippen MR) is 114 cm³/mol. The summed E-state index contributed by atoms with van der Waals surface area (Å²) in [7, 11) is 0. The summed E-state index contributed by atoms with van der Waals surface area (Å²) in [6, 6.07) is 11.1. The molecule has 162 valence electrons. The molecule has 5 rings (SSSR count). The van der Waals surface area contributed by atoms with Crippen LogP contribution in [-0.2, 0) is 0 Å². The molecule has 11 nitrogen and oxygen atoms in total. The monoisotopic (exact) mass is 431 g/mol. The van der Waals surface area contributed by atoms with Crippen molar-refractivity contribution in [2.45, 2.75) is 25.7 Å². The highest BCUT2D eigenvalue weighted by atomic mass is 16.5. The molecule has 3 aromatic heterocycles. The molecule has 1 N–H and O–H groups in total. The van der Waals surface area contributed by atoms with Gasteiger partial charge in [-0.05, 0) is 60.0 Å². The van der Waals surface area contributed by atoms with Gasteiger partial charge in [0.1, 0.15) is 12.0 Å². The Morgan fingerprint density at radius 3 is 2.81 bits per heavy atom. The van der Waals surface area contributed by atoms with Crippen molar-refractivity contribution in [3.05, 3.63) is 60.4 Å². The van der Waals surface area contributed by atoms with Crippen molar-refractivity contribution in [1.82, 2.24) is 40.2 Å². The third-order valence-corrected chi connectivity index (χ3v) is 5.52. The summed E-state index contributed by atoms with van der Waals surface area (Å²) in [5.41, 5.74) is 3.18. The molecule has 0 unspecified atom stereocenters. The van der Waals surface area contributed by atoms with E-state index in [0.717, 1.165) is 24.1 Å². The van der Waals surface area contributed by atoms with Gasteiger partial charge in [-0.1, -0.05) is 17.3 Å². The molecule has 1 aromatic carbocycles. The number of carbonyl (C=O) groups excluding carboxylic acids is 1. The van der Waals surface area contributed by atoms with Crippen molar-refractivity contribution in [2.24, 2.45) is 0 Å². The SMILES string of the molecule is Cc1ccc(NC(=O)N2CCC(c3nc(-c4ccccn4)no3)CC2)cc1-n1cnnn1. The molecule has 4 aromatic rings. The number of hydrogen-bond donors (Lipinski definition) is 1. The minimum absolute atomic E-state index is 0.120. The number of nitrogens with one attached hydrogen (secondary N) is 1. The Bertz CT molecular complexity index is 1200. The van der Waals surface area contributed by atoms with Crippen LogP contribution in [0.4, 0.5) is 10.5 Å². The predicted octanol–water partition coefficient (Wildman–Crippen LogP) is 2.83. The third kappa shape index (κ3) is 4.04. The molecule has 2 amide bonds. The largest absolute Gasteiger partial charge is 0.339 e. The minimum Gasteiger partial charge on any atom is -0.339 e. The molecule has 0 spiro atoms. The van der Waals surface area contributed by atoms with Crippen LogP contribution >= 0.6 is 0 Å². The van der Waals surface area contributed by atoms with E-state index < -0.39 is 0 Å². The number of aryl methyl sites for hydroxylation is 1. The van der Waals surface area contributed by atoms with Gasteiger partial charge in [-0.2, -0.15) is 4.98 Å². The zero-order valence-corrected chi connectivity index (χ0v) is 17.4. The summed E-state index contributed by atoms with van der Waals surface area (Å²) in [5, 5.41) is 18.3. The van der Waals surface area contributed by atoms with Gasteiger partial charge in [0.05, 0.1) is 5.69 Å². The quantitative estimate of drug-likeness (QED) is 0.522. The lowest BCUT2D eigenvalue weighted by molar-refractivity contribution is 0.187. The van der Waals surface area contributed by atoms with Crippen molar-refractivity contribution in [3.8, 4) is 17.2 Å². The number of benzene rings is 1. The fourth-order valence-corrected chi connectivity index (χ4v) is 3.74. The topological polar surface area (TPSA) is 128 Å². The van der Waals surface area contributed by atoms with E-state index in [2.05, 4.69) is 36.0 Å². The molecule has 1 aliphatic heterocycles.